The molecule has 1 atom stereocenters. The summed E-state index contributed by atoms with van der Waals surface area (Å²) in [5.41, 5.74) is 9.63. The van der Waals surface area contributed by atoms with Crippen molar-refractivity contribution in [2.45, 2.75) is 36.7 Å². The first kappa shape index (κ1) is 13.1. The van der Waals surface area contributed by atoms with Crippen LogP contribution < -0.4 is 5.73 Å². The fourth-order valence-corrected chi connectivity index (χ4v) is 2.58. The van der Waals surface area contributed by atoms with Crippen molar-refractivity contribution in [3.8, 4) is 0 Å². The Morgan fingerprint density at radius 1 is 1.11 bits per heavy atom. The van der Waals surface area contributed by atoms with E-state index in [2.05, 4.69) is 43.1 Å². The summed E-state index contributed by atoms with van der Waals surface area (Å²) in [5, 5.41) is 0.994. The zero-order valence-electron chi connectivity index (χ0n) is 11.0. The molecule has 1 aromatic heterocycles. The number of hydrogen-bond donors (Lipinski definition) is 1. The number of hydrogen-bond acceptors (Lipinski definition) is 3. The van der Waals surface area contributed by atoms with Gasteiger partial charge in [0.1, 0.15) is 5.03 Å². The second-order valence-corrected chi connectivity index (χ2v) is 5.66. The summed E-state index contributed by atoms with van der Waals surface area (Å²) < 4.78 is 0. The Morgan fingerprint density at radius 2 is 1.89 bits per heavy atom. The van der Waals surface area contributed by atoms with E-state index < -0.39 is 0 Å². The smallest absolute Gasteiger partial charge is 0.101 e. The molecule has 0 bridgehead atoms. The van der Waals surface area contributed by atoms with Crippen LogP contribution in [0.2, 0.25) is 0 Å². The average Bonchev–Trinajstić information content (AvgIpc) is 2.34. The van der Waals surface area contributed by atoms with Gasteiger partial charge in [-0.3, -0.25) is 0 Å². The molecule has 0 unspecified atom stereocenters. The maximum Gasteiger partial charge on any atom is 0.101 e. The number of rotatable bonds is 3. The summed E-state index contributed by atoms with van der Waals surface area (Å²) in [4.78, 5) is 5.59. The van der Waals surface area contributed by atoms with E-state index in [1.54, 1.807) is 11.8 Å². The molecule has 2 N–H and O–H groups in total. The molecule has 1 aromatic carbocycles. The topological polar surface area (TPSA) is 38.9 Å². The molecule has 0 radical (unpaired) electrons. The molecule has 0 amide bonds. The highest BCUT2D eigenvalue weighted by atomic mass is 32.2. The molecule has 0 fully saturated rings. The van der Waals surface area contributed by atoms with Crippen LogP contribution in [-0.4, -0.2) is 4.98 Å². The summed E-state index contributed by atoms with van der Waals surface area (Å²) in [5.74, 6) is 0. The number of nitrogens with two attached hydrogens (primary N) is 1. The van der Waals surface area contributed by atoms with E-state index in [1.807, 2.05) is 19.2 Å². The van der Waals surface area contributed by atoms with Crippen molar-refractivity contribution in [1.29, 1.82) is 0 Å². The van der Waals surface area contributed by atoms with Gasteiger partial charge in [-0.25, -0.2) is 4.98 Å². The number of aromatic nitrogens is 1. The van der Waals surface area contributed by atoms with Gasteiger partial charge in [0, 0.05) is 17.1 Å². The average molecular weight is 258 g/mol. The predicted molar refractivity (Wildman–Crippen MR) is 76.9 cm³/mol. The van der Waals surface area contributed by atoms with Crippen molar-refractivity contribution in [3.63, 3.8) is 0 Å². The lowest BCUT2D eigenvalue weighted by Crippen LogP contribution is -2.04. The molecule has 0 saturated heterocycles. The maximum atomic E-state index is 5.88. The third-order valence-electron chi connectivity index (χ3n) is 2.99. The van der Waals surface area contributed by atoms with E-state index in [4.69, 9.17) is 5.73 Å². The minimum absolute atomic E-state index is 0.0482. The van der Waals surface area contributed by atoms with E-state index in [9.17, 15) is 0 Å². The molecule has 2 aromatic rings. The molecule has 2 nitrogen and oxygen atoms in total. The minimum Gasteiger partial charge on any atom is -0.324 e. The predicted octanol–water partition coefficient (Wildman–Crippen LogP) is 3.87. The van der Waals surface area contributed by atoms with Gasteiger partial charge >= 0.3 is 0 Å². The van der Waals surface area contributed by atoms with Crippen LogP contribution in [0.25, 0.3) is 0 Å². The Hall–Kier alpha value is -1.32. The normalized spacial score (nSPS) is 12.4. The van der Waals surface area contributed by atoms with Crippen molar-refractivity contribution >= 4 is 11.8 Å². The molecular formula is C15H18N2S. The van der Waals surface area contributed by atoms with E-state index in [1.165, 1.54) is 16.0 Å². The summed E-state index contributed by atoms with van der Waals surface area (Å²) in [7, 11) is 0. The molecule has 94 valence electrons. The van der Waals surface area contributed by atoms with Crippen LogP contribution in [0, 0.1) is 13.8 Å². The van der Waals surface area contributed by atoms with Crippen LogP contribution >= 0.6 is 11.8 Å². The molecule has 1 heterocycles. The van der Waals surface area contributed by atoms with Crippen molar-refractivity contribution in [3.05, 3.63) is 53.2 Å². The van der Waals surface area contributed by atoms with Crippen LogP contribution in [0.4, 0.5) is 0 Å². The molecular weight excluding hydrogens is 240 g/mol. The van der Waals surface area contributed by atoms with Crippen LogP contribution in [0.3, 0.4) is 0 Å². The van der Waals surface area contributed by atoms with Gasteiger partial charge in [-0.05, 0) is 61.7 Å². The van der Waals surface area contributed by atoms with Crippen LogP contribution in [0.15, 0.2) is 46.5 Å². The highest BCUT2D eigenvalue weighted by Crippen LogP contribution is 2.28. The lowest BCUT2D eigenvalue weighted by Gasteiger charge is -2.08. The van der Waals surface area contributed by atoms with Crippen molar-refractivity contribution in [2.75, 3.05) is 0 Å². The van der Waals surface area contributed by atoms with Crippen molar-refractivity contribution in [1.82, 2.24) is 4.98 Å². The fourth-order valence-electron chi connectivity index (χ4n) is 1.66. The fraction of sp³-hybridized carbons (Fsp3) is 0.267. The molecule has 0 aliphatic heterocycles. The van der Waals surface area contributed by atoms with Gasteiger partial charge in [0.25, 0.3) is 0 Å². The van der Waals surface area contributed by atoms with Gasteiger partial charge in [-0.2, -0.15) is 0 Å². The van der Waals surface area contributed by atoms with Gasteiger partial charge in [0.15, 0.2) is 0 Å². The number of pyridine rings is 1. The SMILES string of the molecule is Cc1ccc(Sc2cc([C@H](C)N)ccn2)cc1C. The molecule has 2 rings (SSSR count). The van der Waals surface area contributed by atoms with Crippen molar-refractivity contribution < 1.29 is 0 Å². The molecule has 0 aliphatic carbocycles. The summed E-state index contributed by atoms with van der Waals surface area (Å²) >= 11 is 1.68. The first-order valence-corrected chi connectivity index (χ1v) is 6.84. The summed E-state index contributed by atoms with van der Waals surface area (Å²) in [6, 6.07) is 10.5. The number of nitrogens with zero attached hydrogens (tertiary/aromatic N) is 1. The second kappa shape index (κ2) is 5.55. The lowest BCUT2D eigenvalue weighted by atomic mass is 10.1. The second-order valence-electron chi connectivity index (χ2n) is 4.56. The highest BCUT2D eigenvalue weighted by molar-refractivity contribution is 7.99. The van der Waals surface area contributed by atoms with Gasteiger partial charge < -0.3 is 5.73 Å². The van der Waals surface area contributed by atoms with Crippen molar-refractivity contribution in [2.24, 2.45) is 5.73 Å². The Kier molecular flexibility index (Phi) is 4.04. The minimum atomic E-state index is 0.0482. The molecule has 3 heteroatoms. The van der Waals surface area contributed by atoms with Crippen LogP contribution in [0.5, 0.6) is 0 Å². The standard InChI is InChI=1S/C15H18N2S/c1-10-4-5-14(8-11(10)2)18-15-9-13(12(3)16)6-7-17-15/h4-9,12H,16H2,1-3H3/t12-/m0/s1. The first-order chi connectivity index (χ1) is 8.56. The van der Waals surface area contributed by atoms with E-state index in [-0.39, 0.29) is 6.04 Å². The summed E-state index contributed by atoms with van der Waals surface area (Å²) in [6.07, 6.45) is 1.82. The molecule has 0 aliphatic rings. The number of benzene rings is 1. The van der Waals surface area contributed by atoms with Crippen LogP contribution in [0.1, 0.15) is 29.7 Å². The van der Waals surface area contributed by atoms with Gasteiger partial charge in [0.05, 0.1) is 0 Å². The third kappa shape index (κ3) is 3.12. The Balaban J connectivity index is 2.23. The first-order valence-electron chi connectivity index (χ1n) is 6.03. The molecule has 0 spiro atoms. The Labute approximate surface area is 113 Å². The van der Waals surface area contributed by atoms with E-state index in [0.29, 0.717) is 0 Å². The monoisotopic (exact) mass is 258 g/mol. The van der Waals surface area contributed by atoms with E-state index in [0.717, 1.165) is 10.6 Å². The quantitative estimate of drug-likeness (QED) is 0.908. The zero-order valence-corrected chi connectivity index (χ0v) is 11.8. The summed E-state index contributed by atoms with van der Waals surface area (Å²) in [6.45, 7) is 6.24. The Bertz CT molecular complexity index is 550. The largest absolute Gasteiger partial charge is 0.324 e. The lowest BCUT2D eigenvalue weighted by molar-refractivity contribution is 0.808. The van der Waals surface area contributed by atoms with Crippen LogP contribution in [-0.2, 0) is 0 Å². The maximum absolute atomic E-state index is 5.88. The third-order valence-corrected chi connectivity index (χ3v) is 3.91. The number of aryl methyl sites for hydroxylation is 2. The molecule has 0 saturated carbocycles. The zero-order chi connectivity index (χ0) is 13.1. The van der Waals surface area contributed by atoms with Gasteiger partial charge in [-0.1, -0.05) is 17.8 Å². The van der Waals surface area contributed by atoms with Gasteiger partial charge in [0.2, 0.25) is 0 Å². The van der Waals surface area contributed by atoms with Gasteiger partial charge in [-0.15, -0.1) is 0 Å². The van der Waals surface area contributed by atoms with E-state index >= 15 is 0 Å². The Morgan fingerprint density at radius 3 is 2.56 bits per heavy atom. The molecule has 18 heavy (non-hydrogen) atoms. The highest BCUT2D eigenvalue weighted by Gasteiger charge is 2.04.